The van der Waals surface area contributed by atoms with Crippen LogP contribution in [-0.2, 0) is 22.0 Å². The Bertz CT molecular complexity index is 479. The van der Waals surface area contributed by atoms with Crippen LogP contribution in [0.1, 0.15) is 5.56 Å². The molecule has 1 unspecified atom stereocenters. The summed E-state index contributed by atoms with van der Waals surface area (Å²) >= 11 is 0. The quantitative estimate of drug-likeness (QED) is 0.677. The van der Waals surface area contributed by atoms with E-state index >= 15 is 0 Å². The van der Waals surface area contributed by atoms with Gasteiger partial charge in [-0.3, -0.25) is 4.21 Å². The minimum atomic E-state index is -1.09. The fourth-order valence-electron chi connectivity index (χ4n) is 1.57. The first-order valence-corrected chi connectivity index (χ1v) is 7.83. The van der Waals surface area contributed by atoms with Crippen LogP contribution in [0.3, 0.4) is 0 Å². The Hall–Kier alpha value is -1.89. The molecule has 7 heteroatoms. The number of nitrogens with one attached hydrogen (secondary N) is 2. The van der Waals surface area contributed by atoms with Crippen molar-refractivity contribution < 1.29 is 18.9 Å². The summed E-state index contributed by atoms with van der Waals surface area (Å²) in [5, 5.41) is 14.0. The van der Waals surface area contributed by atoms with E-state index in [-0.39, 0.29) is 13.0 Å². The molecule has 1 aromatic carbocycles. The number of carboxylic acid groups (broad SMARTS) is 1. The molecule has 0 radical (unpaired) electrons. The lowest BCUT2D eigenvalue weighted by molar-refractivity contribution is -0.139. The van der Waals surface area contributed by atoms with Crippen molar-refractivity contribution in [1.82, 2.24) is 10.6 Å². The second-order valence-electron chi connectivity index (χ2n) is 4.26. The van der Waals surface area contributed by atoms with Crippen LogP contribution in [0.15, 0.2) is 30.3 Å². The predicted octanol–water partition coefficient (Wildman–Crippen LogP) is 0.360. The second-order valence-corrected chi connectivity index (χ2v) is 5.81. The molecule has 0 heterocycles. The number of benzene rings is 1. The highest BCUT2D eigenvalue weighted by Crippen LogP contribution is 2.03. The standard InChI is InChI=1S/C13H18N2O4S/c1-20(19)8-7-14-13(18)15-11(12(16)17)9-10-5-3-2-4-6-10/h2-6,11H,7-9H2,1H3,(H,16,17)(H2,14,15,18)/t11-,20?/m0/s1. The Morgan fingerprint density at radius 3 is 2.50 bits per heavy atom. The molecule has 0 aliphatic heterocycles. The summed E-state index contributed by atoms with van der Waals surface area (Å²) in [5.41, 5.74) is 0.829. The molecule has 0 saturated heterocycles. The molecular weight excluding hydrogens is 280 g/mol. The summed E-state index contributed by atoms with van der Waals surface area (Å²) in [7, 11) is -0.994. The van der Waals surface area contributed by atoms with Crippen LogP contribution in [0.25, 0.3) is 0 Å². The molecule has 0 fully saturated rings. The van der Waals surface area contributed by atoms with Crippen molar-refractivity contribution in [3.8, 4) is 0 Å². The molecule has 2 atom stereocenters. The maximum absolute atomic E-state index is 11.5. The van der Waals surface area contributed by atoms with Crippen molar-refractivity contribution >= 4 is 22.8 Å². The van der Waals surface area contributed by atoms with Gasteiger partial charge in [0.05, 0.1) is 0 Å². The van der Waals surface area contributed by atoms with Gasteiger partial charge in [-0.1, -0.05) is 30.3 Å². The number of hydrogen-bond acceptors (Lipinski definition) is 3. The summed E-state index contributed by atoms with van der Waals surface area (Å²) in [6, 6.07) is 7.49. The molecule has 0 aromatic heterocycles. The highest BCUT2D eigenvalue weighted by atomic mass is 32.2. The van der Waals surface area contributed by atoms with Crippen LogP contribution < -0.4 is 10.6 Å². The predicted molar refractivity (Wildman–Crippen MR) is 77.0 cm³/mol. The van der Waals surface area contributed by atoms with Gasteiger partial charge in [0.1, 0.15) is 6.04 Å². The van der Waals surface area contributed by atoms with E-state index in [9.17, 15) is 13.8 Å². The van der Waals surface area contributed by atoms with Gasteiger partial charge >= 0.3 is 12.0 Å². The number of rotatable bonds is 7. The minimum absolute atomic E-state index is 0.212. The van der Waals surface area contributed by atoms with Gasteiger partial charge in [-0.2, -0.15) is 0 Å². The molecule has 1 rings (SSSR count). The number of aliphatic carboxylic acids is 1. The molecule has 20 heavy (non-hydrogen) atoms. The summed E-state index contributed by atoms with van der Waals surface area (Å²) in [6.45, 7) is 0.243. The first-order valence-electron chi connectivity index (χ1n) is 6.10. The maximum atomic E-state index is 11.5. The summed E-state index contributed by atoms with van der Waals surface area (Å²) < 4.78 is 10.8. The lowest BCUT2D eigenvalue weighted by Gasteiger charge is -2.15. The Labute approximate surface area is 120 Å². The molecule has 0 saturated carbocycles. The number of urea groups is 1. The maximum Gasteiger partial charge on any atom is 0.326 e. The lowest BCUT2D eigenvalue weighted by Crippen LogP contribution is -2.47. The molecule has 0 spiro atoms. The van der Waals surface area contributed by atoms with Crippen LogP contribution in [-0.4, -0.2) is 45.9 Å². The number of carbonyl (C=O) groups excluding carboxylic acids is 1. The van der Waals surface area contributed by atoms with Crippen molar-refractivity contribution in [2.75, 3.05) is 18.6 Å². The zero-order valence-corrected chi connectivity index (χ0v) is 12.0. The largest absolute Gasteiger partial charge is 0.480 e. The van der Waals surface area contributed by atoms with E-state index in [1.165, 1.54) is 6.26 Å². The summed E-state index contributed by atoms with van der Waals surface area (Å²) in [6.07, 6.45) is 1.75. The van der Waals surface area contributed by atoms with Crippen LogP contribution in [0, 0.1) is 0 Å². The molecule has 6 nitrogen and oxygen atoms in total. The van der Waals surface area contributed by atoms with Crippen molar-refractivity contribution in [2.24, 2.45) is 0 Å². The molecule has 110 valence electrons. The molecule has 1 aromatic rings. The van der Waals surface area contributed by atoms with Gasteiger partial charge < -0.3 is 15.7 Å². The van der Waals surface area contributed by atoms with Crippen molar-refractivity contribution in [2.45, 2.75) is 12.5 Å². The fraction of sp³-hybridized carbons (Fsp3) is 0.385. The minimum Gasteiger partial charge on any atom is -0.480 e. The Balaban J connectivity index is 2.49. The number of hydrogen-bond donors (Lipinski definition) is 3. The first kappa shape index (κ1) is 16.2. The molecule has 3 N–H and O–H groups in total. The molecular formula is C13H18N2O4S. The van der Waals surface area contributed by atoms with E-state index in [1.807, 2.05) is 18.2 Å². The zero-order chi connectivity index (χ0) is 15.0. The lowest BCUT2D eigenvalue weighted by atomic mass is 10.1. The Morgan fingerprint density at radius 1 is 1.30 bits per heavy atom. The molecule has 2 amide bonds. The third-order valence-corrected chi connectivity index (χ3v) is 3.34. The Kier molecular flexibility index (Phi) is 6.72. The Morgan fingerprint density at radius 2 is 1.95 bits per heavy atom. The highest BCUT2D eigenvalue weighted by molar-refractivity contribution is 7.84. The van der Waals surface area contributed by atoms with Crippen LogP contribution in [0.4, 0.5) is 4.79 Å². The highest BCUT2D eigenvalue weighted by Gasteiger charge is 2.20. The number of carboxylic acids is 1. The first-order chi connectivity index (χ1) is 9.49. The fourth-order valence-corrected chi connectivity index (χ4v) is 1.96. The van der Waals surface area contributed by atoms with Gasteiger partial charge in [0.2, 0.25) is 0 Å². The van der Waals surface area contributed by atoms with Crippen LogP contribution in [0.2, 0.25) is 0 Å². The van der Waals surface area contributed by atoms with Gasteiger partial charge in [-0.15, -0.1) is 0 Å². The average molecular weight is 298 g/mol. The summed E-state index contributed by atoms with van der Waals surface area (Å²) in [4.78, 5) is 22.7. The number of carbonyl (C=O) groups is 2. The van der Waals surface area contributed by atoms with E-state index in [0.717, 1.165) is 5.56 Å². The SMILES string of the molecule is CS(=O)CCNC(=O)N[C@@H](Cc1ccccc1)C(=O)O. The van der Waals surface area contributed by atoms with Crippen LogP contribution >= 0.6 is 0 Å². The van der Waals surface area contributed by atoms with Gasteiger partial charge in [0.25, 0.3) is 0 Å². The monoisotopic (exact) mass is 298 g/mol. The normalized spacial score (nSPS) is 13.2. The van der Waals surface area contributed by atoms with Gasteiger partial charge in [0.15, 0.2) is 0 Å². The van der Waals surface area contributed by atoms with Crippen LogP contribution in [0.5, 0.6) is 0 Å². The third-order valence-electron chi connectivity index (χ3n) is 2.56. The topological polar surface area (TPSA) is 95.5 Å². The van der Waals surface area contributed by atoms with Gasteiger partial charge in [-0.25, -0.2) is 9.59 Å². The van der Waals surface area contributed by atoms with E-state index in [2.05, 4.69) is 10.6 Å². The van der Waals surface area contributed by atoms with Gasteiger partial charge in [-0.05, 0) is 5.56 Å². The zero-order valence-electron chi connectivity index (χ0n) is 11.2. The van der Waals surface area contributed by atoms with E-state index < -0.39 is 28.8 Å². The smallest absolute Gasteiger partial charge is 0.326 e. The van der Waals surface area contributed by atoms with Crippen molar-refractivity contribution in [3.63, 3.8) is 0 Å². The number of amides is 2. The molecule has 0 bridgehead atoms. The second kappa shape index (κ2) is 8.31. The van der Waals surface area contributed by atoms with Crippen molar-refractivity contribution in [1.29, 1.82) is 0 Å². The summed E-state index contributed by atoms with van der Waals surface area (Å²) in [5.74, 6) is -0.757. The molecule has 0 aliphatic rings. The van der Waals surface area contributed by atoms with E-state index in [4.69, 9.17) is 5.11 Å². The van der Waals surface area contributed by atoms with E-state index in [1.54, 1.807) is 12.1 Å². The molecule has 0 aliphatic carbocycles. The van der Waals surface area contributed by atoms with Crippen molar-refractivity contribution in [3.05, 3.63) is 35.9 Å². The third kappa shape index (κ3) is 6.33. The van der Waals surface area contributed by atoms with Gasteiger partial charge in [0, 0.05) is 35.8 Å². The van der Waals surface area contributed by atoms with E-state index in [0.29, 0.717) is 5.75 Å². The average Bonchev–Trinajstić information content (AvgIpc) is 2.38.